The highest BCUT2D eigenvalue weighted by Crippen LogP contribution is 2.26. The van der Waals surface area contributed by atoms with E-state index in [-0.39, 0.29) is 0 Å². The molecule has 112 valence electrons. The van der Waals surface area contributed by atoms with Crippen molar-refractivity contribution in [2.45, 2.75) is 31.7 Å². The zero-order chi connectivity index (χ0) is 14.2. The van der Waals surface area contributed by atoms with E-state index in [0.717, 1.165) is 18.9 Å². The first-order valence-corrected chi connectivity index (χ1v) is 8.04. The van der Waals surface area contributed by atoms with Crippen LogP contribution in [0.2, 0.25) is 5.15 Å². The van der Waals surface area contributed by atoms with Gasteiger partial charge in [-0.1, -0.05) is 18.0 Å². The first-order valence-electron chi connectivity index (χ1n) is 7.66. The molecule has 7 heteroatoms. The van der Waals surface area contributed by atoms with Gasteiger partial charge in [0.1, 0.15) is 17.3 Å². The highest BCUT2D eigenvalue weighted by molar-refractivity contribution is 6.29. The molecule has 0 aromatic carbocycles. The molecule has 2 aromatic rings. The number of fused-ring (bicyclic) bond motifs is 1. The second-order valence-corrected chi connectivity index (χ2v) is 6.28. The van der Waals surface area contributed by atoms with E-state index in [9.17, 15) is 0 Å². The highest BCUT2D eigenvalue weighted by Gasteiger charge is 2.30. The second-order valence-electron chi connectivity index (χ2n) is 5.89. The number of halogens is 1. The fourth-order valence-electron chi connectivity index (χ4n) is 3.53. The van der Waals surface area contributed by atoms with Crippen LogP contribution in [0, 0.1) is 0 Å². The Balaban J connectivity index is 1.57. The van der Waals surface area contributed by atoms with Gasteiger partial charge in [0.05, 0.1) is 0 Å². The molecule has 6 nitrogen and oxygen atoms in total. The average molecular weight is 307 g/mol. The van der Waals surface area contributed by atoms with E-state index in [1.807, 2.05) is 6.07 Å². The Hall–Kier alpha value is -1.40. The van der Waals surface area contributed by atoms with Crippen molar-refractivity contribution in [2.24, 2.45) is 0 Å². The van der Waals surface area contributed by atoms with Crippen LogP contribution in [0.25, 0.3) is 5.78 Å². The Labute approximate surface area is 128 Å². The Bertz CT molecular complexity index is 635. The summed E-state index contributed by atoms with van der Waals surface area (Å²) in [4.78, 5) is 13.3. The molecule has 2 fully saturated rings. The van der Waals surface area contributed by atoms with E-state index in [0.29, 0.717) is 17.0 Å². The molecular formula is C14H19ClN6. The molecule has 4 heterocycles. The van der Waals surface area contributed by atoms with Crippen molar-refractivity contribution < 1.29 is 0 Å². The molecule has 0 aliphatic carbocycles. The van der Waals surface area contributed by atoms with Crippen molar-refractivity contribution in [3.05, 3.63) is 17.5 Å². The maximum Gasteiger partial charge on any atom is 0.255 e. The van der Waals surface area contributed by atoms with Crippen LogP contribution in [0.5, 0.6) is 0 Å². The molecule has 4 rings (SSSR count). The lowest BCUT2D eigenvalue weighted by atomic mass is 10.1. The van der Waals surface area contributed by atoms with Crippen LogP contribution in [0.15, 0.2) is 12.4 Å². The summed E-state index contributed by atoms with van der Waals surface area (Å²) in [6, 6.07) is 2.54. The molecule has 2 saturated heterocycles. The van der Waals surface area contributed by atoms with Gasteiger partial charge in [0.15, 0.2) is 0 Å². The summed E-state index contributed by atoms with van der Waals surface area (Å²) < 4.78 is 1.78. The van der Waals surface area contributed by atoms with Gasteiger partial charge in [-0.05, 0) is 32.4 Å². The molecule has 2 aliphatic rings. The molecule has 0 N–H and O–H groups in total. The van der Waals surface area contributed by atoms with Crippen LogP contribution in [0.1, 0.15) is 25.7 Å². The number of piperidine rings is 1. The molecule has 0 amide bonds. The molecule has 0 saturated carbocycles. The van der Waals surface area contributed by atoms with Gasteiger partial charge in [-0.2, -0.15) is 19.6 Å². The normalized spacial score (nSPS) is 24.0. The van der Waals surface area contributed by atoms with Gasteiger partial charge in [-0.25, -0.2) is 0 Å². The van der Waals surface area contributed by atoms with Gasteiger partial charge < -0.3 is 4.90 Å². The number of anilines is 1. The predicted octanol–water partition coefficient (Wildman–Crippen LogP) is 1.84. The molecule has 21 heavy (non-hydrogen) atoms. The summed E-state index contributed by atoms with van der Waals surface area (Å²) in [6.07, 6.45) is 6.79. The van der Waals surface area contributed by atoms with Gasteiger partial charge in [0, 0.05) is 25.2 Å². The molecule has 2 aromatic heterocycles. The van der Waals surface area contributed by atoms with Crippen molar-refractivity contribution in [3.8, 4) is 0 Å². The first kappa shape index (κ1) is 13.3. The maximum absolute atomic E-state index is 6.11. The number of hydrogen-bond acceptors (Lipinski definition) is 5. The van der Waals surface area contributed by atoms with E-state index in [4.69, 9.17) is 11.6 Å². The lowest BCUT2D eigenvalue weighted by molar-refractivity contribution is 0.174. The summed E-state index contributed by atoms with van der Waals surface area (Å²) in [6.45, 7) is 4.56. The van der Waals surface area contributed by atoms with Crippen molar-refractivity contribution >= 4 is 23.2 Å². The Morgan fingerprint density at radius 3 is 2.86 bits per heavy atom. The van der Waals surface area contributed by atoms with E-state index in [1.54, 1.807) is 4.52 Å². The van der Waals surface area contributed by atoms with Crippen molar-refractivity contribution in [2.75, 3.05) is 31.1 Å². The second kappa shape index (κ2) is 5.42. The van der Waals surface area contributed by atoms with Gasteiger partial charge in [0.2, 0.25) is 0 Å². The fourth-order valence-corrected chi connectivity index (χ4v) is 3.70. The number of aromatic nitrogens is 4. The van der Waals surface area contributed by atoms with Crippen LogP contribution >= 0.6 is 11.6 Å². The molecule has 0 radical (unpaired) electrons. The minimum Gasteiger partial charge on any atom is -0.355 e. The smallest absolute Gasteiger partial charge is 0.255 e. The van der Waals surface area contributed by atoms with Crippen LogP contribution in [-0.4, -0.2) is 56.7 Å². The largest absolute Gasteiger partial charge is 0.355 e. The average Bonchev–Trinajstić information content (AvgIpc) is 3.16. The molecule has 1 unspecified atom stereocenters. The first-order chi connectivity index (χ1) is 10.3. The Morgan fingerprint density at radius 2 is 2.00 bits per heavy atom. The third-order valence-electron chi connectivity index (χ3n) is 4.60. The number of rotatable bonds is 2. The lowest BCUT2D eigenvalue weighted by Gasteiger charge is -2.32. The van der Waals surface area contributed by atoms with Crippen LogP contribution < -0.4 is 4.90 Å². The topological polar surface area (TPSA) is 49.6 Å². The molecule has 1 atom stereocenters. The third-order valence-corrected chi connectivity index (χ3v) is 4.79. The minimum atomic E-state index is 0.479. The zero-order valence-electron chi connectivity index (χ0n) is 12.0. The van der Waals surface area contributed by atoms with Crippen LogP contribution in [0.4, 0.5) is 5.82 Å². The minimum absolute atomic E-state index is 0.479. The maximum atomic E-state index is 6.11. The fraction of sp³-hybridized carbons (Fsp3) is 0.643. The standard InChI is InChI=1S/C14H19ClN6/c15-12-8-13(21-14(18-12)16-10-17-21)20-7-4-11(9-20)19-5-2-1-3-6-19/h8,10-11H,1-7,9H2. The Kier molecular flexibility index (Phi) is 3.43. The summed E-state index contributed by atoms with van der Waals surface area (Å²) in [7, 11) is 0. The molecular weight excluding hydrogens is 288 g/mol. The van der Waals surface area contributed by atoms with Gasteiger partial charge in [-0.3, -0.25) is 4.90 Å². The highest BCUT2D eigenvalue weighted by atomic mass is 35.5. The molecule has 0 spiro atoms. The zero-order valence-corrected chi connectivity index (χ0v) is 12.7. The number of hydrogen-bond donors (Lipinski definition) is 0. The third kappa shape index (κ3) is 2.46. The van der Waals surface area contributed by atoms with Crippen LogP contribution in [0.3, 0.4) is 0 Å². The summed E-state index contributed by atoms with van der Waals surface area (Å²) >= 11 is 6.11. The van der Waals surface area contributed by atoms with E-state index in [1.165, 1.54) is 45.1 Å². The number of likely N-dealkylation sites (tertiary alicyclic amines) is 1. The van der Waals surface area contributed by atoms with Gasteiger partial charge >= 0.3 is 0 Å². The Morgan fingerprint density at radius 1 is 1.14 bits per heavy atom. The molecule has 0 bridgehead atoms. The van der Waals surface area contributed by atoms with Crippen molar-refractivity contribution in [1.29, 1.82) is 0 Å². The number of nitrogens with zero attached hydrogens (tertiary/aromatic N) is 6. The van der Waals surface area contributed by atoms with Crippen molar-refractivity contribution in [3.63, 3.8) is 0 Å². The summed E-state index contributed by atoms with van der Waals surface area (Å²) in [5, 5.41) is 4.75. The van der Waals surface area contributed by atoms with Crippen molar-refractivity contribution in [1.82, 2.24) is 24.5 Å². The summed E-state index contributed by atoms with van der Waals surface area (Å²) in [5.41, 5.74) is 0. The predicted molar refractivity (Wildman–Crippen MR) is 81.8 cm³/mol. The van der Waals surface area contributed by atoms with E-state index in [2.05, 4.69) is 24.9 Å². The summed E-state index contributed by atoms with van der Waals surface area (Å²) in [5.74, 6) is 1.57. The van der Waals surface area contributed by atoms with E-state index < -0.39 is 0 Å². The lowest BCUT2D eigenvalue weighted by Crippen LogP contribution is -2.41. The van der Waals surface area contributed by atoms with Gasteiger partial charge in [0.25, 0.3) is 5.78 Å². The quantitative estimate of drug-likeness (QED) is 0.793. The van der Waals surface area contributed by atoms with E-state index >= 15 is 0 Å². The van der Waals surface area contributed by atoms with Crippen LogP contribution in [-0.2, 0) is 0 Å². The monoisotopic (exact) mass is 306 g/mol. The SMILES string of the molecule is Clc1cc(N2CCC(N3CCCCC3)C2)n2ncnc2n1. The molecule has 2 aliphatic heterocycles. The van der Waals surface area contributed by atoms with Gasteiger partial charge in [-0.15, -0.1) is 0 Å².